The first-order chi connectivity index (χ1) is 8.95. The van der Waals surface area contributed by atoms with Crippen LogP contribution in [0.15, 0.2) is 29.2 Å². The molecular weight excluding hydrogens is 264 g/mol. The Hall–Kier alpha value is -1.40. The van der Waals surface area contributed by atoms with E-state index in [1.807, 2.05) is 13.8 Å². The Balaban J connectivity index is 2.72. The molecule has 0 heterocycles. The summed E-state index contributed by atoms with van der Waals surface area (Å²) in [4.78, 5) is 14.3. The Labute approximate surface area is 116 Å². The largest absolute Gasteiger partial charge is 0.395 e. The first kappa shape index (κ1) is 15.7. The highest BCUT2D eigenvalue weighted by Crippen LogP contribution is 2.13. The number of aliphatic hydroxyl groups is 1. The molecule has 1 aromatic rings. The fourth-order valence-electron chi connectivity index (χ4n) is 1.63. The van der Waals surface area contributed by atoms with E-state index in [0.717, 1.165) is 0 Å². The Morgan fingerprint density at radius 2 is 1.95 bits per heavy atom. The molecule has 1 atom stereocenters. The van der Waals surface area contributed by atoms with Crippen LogP contribution in [0.4, 0.5) is 10.5 Å². The summed E-state index contributed by atoms with van der Waals surface area (Å²) < 4.78 is 11.2. The predicted octanol–water partition coefficient (Wildman–Crippen LogP) is 1.66. The lowest BCUT2D eigenvalue weighted by Crippen LogP contribution is -2.41. The molecule has 0 aliphatic carbocycles. The lowest BCUT2D eigenvalue weighted by Gasteiger charge is -2.26. The van der Waals surface area contributed by atoms with Gasteiger partial charge in [-0.1, -0.05) is 0 Å². The summed E-state index contributed by atoms with van der Waals surface area (Å²) >= 11 is 0. The van der Waals surface area contributed by atoms with Crippen molar-refractivity contribution in [2.45, 2.75) is 24.8 Å². The van der Waals surface area contributed by atoms with Crippen molar-refractivity contribution in [2.24, 2.45) is 0 Å². The zero-order valence-corrected chi connectivity index (χ0v) is 12.2. The number of anilines is 1. The van der Waals surface area contributed by atoms with Crippen LogP contribution in [0.2, 0.25) is 0 Å². The molecule has 6 heteroatoms. The molecule has 1 unspecified atom stereocenters. The van der Waals surface area contributed by atoms with Crippen molar-refractivity contribution in [3.8, 4) is 0 Å². The second-order valence-corrected chi connectivity index (χ2v) is 5.80. The summed E-state index contributed by atoms with van der Waals surface area (Å²) in [6, 6.07) is 6.62. The molecule has 106 valence electrons. The van der Waals surface area contributed by atoms with Crippen LogP contribution >= 0.6 is 0 Å². The van der Waals surface area contributed by atoms with Gasteiger partial charge in [-0.05, 0) is 38.1 Å². The van der Waals surface area contributed by atoms with Crippen molar-refractivity contribution >= 4 is 22.5 Å². The van der Waals surface area contributed by atoms with Gasteiger partial charge in [0.2, 0.25) is 0 Å². The number of aliphatic hydroxyl groups excluding tert-OH is 1. The third-order valence-corrected chi connectivity index (χ3v) is 3.60. The van der Waals surface area contributed by atoms with Crippen molar-refractivity contribution in [2.75, 3.05) is 24.7 Å². The Morgan fingerprint density at radius 3 is 2.37 bits per heavy atom. The van der Waals surface area contributed by atoms with Crippen LogP contribution in [0.3, 0.4) is 0 Å². The zero-order chi connectivity index (χ0) is 14.4. The number of carbonyl (C=O) groups excluding carboxylic acids is 1. The van der Waals surface area contributed by atoms with E-state index in [9.17, 15) is 9.00 Å². The SMILES string of the molecule is CC(C)N(CCO)C(=O)Nc1ccc(S(C)=O)cc1. The first-order valence-electron chi connectivity index (χ1n) is 6.07. The number of urea groups is 1. The summed E-state index contributed by atoms with van der Waals surface area (Å²) in [5.74, 6) is 0. The number of nitrogens with one attached hydrogen (secondary N) is 1. The molecule has 1 rings (SSSR count). The molecule has 0 bridgehead atoms. The molecule has 2 N–H and O–H groups in total. The van der Waals surface area contributed by atoms with E-state index < -0.39 is 10.8 Å². The van der Waals surface area contributed by atoms with Gasteiger partial charge in [-0.3, -0.25) is 4.21 Å². The number of hydrogen-bond donors (Lipinski definition) is 2. The average molecular weight is 284 g/mol. The van der Waals surface area contributed by atoms with Gasteiger partial charge in [-0.15, -0.1) is 0 Å². The van der Waals surface area contributed by atoms with Crippen LogP contribution in [-0.2, 0) is 10.8 Å². The van der Waals surface area contributed by atoms with Gasteiger partial charge in [0.25, 0.3) is 0 Å². The van der Waals surface area contributed by atoms with Gasteiger partial charge in [0.15, 0.2) is 0 Å². The molecule has 0 saturated carbocycles. The fourth-order valence-corrected chi connectivity index (χ4v) is 2.15. The minimum atomic E-state index is -1.03. The highest BCUT2D eigenvalue weighted by Gasteiger charge is 2.16. The zero-order valence-electron chi connectivity index (χ0n) is 11.4. The highest BCUT2D eigenvalue weighted by molar-refractivity contribution is 7.84. The third kappa shape index (κ3) is 4.65. The second kappa shape index (κ2) is 7.25. The van der Waals surface area contributed by atoms with Gasteiger partial charge in [-0.25, -0.2) is 4.79 Å². The predicted molar refractivity (Wildman–Crippen MR) is 76.7 cm³/mol. The Morgan fingerprint density at radius 1 is 1.37 bits per heavy atom. The van der Waals surface area contributed by atoms with E-state index >= 15 is 0 Å². The lowest BCUT2D eigenvalue weighted by atomic mass is 10.3. The number of nitrogens with zero attached hydrogens (tertiary/aromatic N) is 1. The summed E-state index contributed by atoms with van der Waals surface area (Å²) in [5.41, 5.74) is 0.641. The van der Waals surface area contributed by atoms with E-state index in [4.69, 9.17) is 5.11 Å². The van der Waals surface area contributed by atoms with E-state index in [2.05, 4.69) is 5.32 Å². The molecule has 0 saturated heterocycles. The van der Waals surface area contributed by atoms with Gasteiger partial charge in [0.1, 0.15) is 0 Å². The molecule has 19 heavy (non-hydrogen) atoms. The van der Waals surface area contributed by atoms with Crippen molar-refractivity contribution in [3.05, 3.63) is 24.3 Å². The number of amides is 2. The number of rotatable bonds is 5. The number of hydrogen-bond acceptors (Lipinski definition) is 3. The molecular formula is C13H20N2O3S. The minimum Gasteiger partial charge on any atom is -0.395 e. The summed E-state index contributed by atoms with van der Waals surface area (Å²) in [5, 5.41) is 11.7. The summed E-state index contributed by atoms with van der Waals surface area (Å²) in [7, 11) is -1.03. The van der Waals surface area contributed by atoms with Crippen molar-refractivity contribution < 1.29 is 14.1 Å². The van der Waals surface area contributed by atoms with Crippen LogP contribution in [-0.4, -0.2) is 45.7 Å². The molecule has 0 radical (unpaired) electrons. The highest BCUT2D eigenvalue weighted by atomic mass is 32.2. The van der Waals surface area contributed by atoms with Crippen LogP contribution in [0.25, 0.3) is 0 Å². The number of benzene rings is 1. The third-order valence-electron chi connectivity index (χ3n) is 2.66. The Bertz CT molecular complexity index is 446. The average Bonchev–Trinajstić information content (AvgIpc) is 2.36. The lowest BCUT2D eigenvalue weighted by molar-refractivity contribution is 0.172. The molecule has 0 aliphatic rings. The smallest absolute Gasteiger partial charge is 0.322 e. The van der Waals surface area contributed by atoms with Gasteiger partial charge >= 0.3 is 6.03 Å². The summed E-state index contributed by atoms with van der Waals surface area (Å²) in [6.45, 7) is 4.00. The van der Waals surface area contributed by atoms with Crippen LogP contribution in [0, 0.1) is 0 Å². The standard InChI is InChI=1S/C13H20N2O3S/c1-10(2)15(8-9-16)13(17)14-11-4-6-12(7-5-11)19(3)18/h4-7,10,16H,8-9H2,1-3H3,(H,14,17). The molecule has 2 amide bonds. The molecule has 5 nitrogen and oxygen atoms in total. The van der Waals surface area contributed by atoms with Gasteiger partial charge in [0.05, 0.1) is 6.61 Å². The quantitative estimate of drug-likeness (QED) is 0.864. The maximum atomic E-state index is 12.0. The number of carbonyl (C=O) groups is 1. The monoisotopic (exact) mass is 284 g/mol. The van der Waals surface area contributed by atoms with E-state index in [-0.39, 0.29) is 18.7 Å². The van der Waals surface area contributed by atoms with E-state index in [0.29, 0.717) is 17.1 Å². The normalized spacial score (nSPS) is 12.3. The van der Waals surface area contributed by atoms with Crippen molar-refractivity contribution in [3.63, 3.8) is 0 Å². The van der Waals surface area contributed by atoms with Crippen molar-refractivity contribution in [1.82, 2.24) is 4.90 Å². The molecule has 1 aromatic carbocycles. The minimum absolute atomic E-state index is 0.00886. The van der Waals surface area contributed by atoms with Crippen molar-refractivity contribution in [1.29, 1.82) is 0 Å². The van der Waals surface area contributed by atoms with Crippen LogP contribution in [0.1, 0.15) is 13.8 Å². The molecule has 0 fully saturated rings. The van der Waals surface area contributed by atoms with Crippen LogP contribution < -0.4 is 5.32 Å². The maximum Gasteiger partial charge on any atom is 0.322 e. The van der Waals surface area contributed by atoms with Gasteiger partial charge in [0, 0.05) is 40.2 Å². The van der Waals surface area contributed by atoms with Gasteiger partial charge < -0.3 is 15.3 Å². The topological polar surface area (TPSA) is 69.6 Å². The van der Waals surface area contributed by atoms with E-state index in [1.54, 1.807) is 35.4 Å². The molecule has 0 aliphatic heterocycles. The summed E-state index contributed by atoms with van der Waals surface area (Å²) in [6.07, 6.45) is 1.61. The maximum absolute atomic E-state index is 12.0. The Kier molecular flexibility index (Phi) is 5.98. The van der Waals surface area contributed by atoms with E-state index in [1.165, 1.54) is 0 Å². The van der Waals surface area contributed by atoms with Crippen LogP contribution in [0.5, 0.6) is 0 Å². The molecule has 0 spiro atoms. The second-order valence-electron chi connectivity index (χ2n) is 4.42. The fraction of sp³-hybridized carbons (Fsp3) is 0.462. The first-order valence-corrected chi connectivity index (χ1v) is 7.63. The van der Waals surface area contributed by atoms with Gasteiger partial charge in [-0.2, -0.15) is 0 Å². The molecule has 0 aromatic heterocycles.